The van der Waals surface area contributed by atoms with E-state index in [1.807, 2.05) is 6.07 Å². The molecule has 14 heavy (non-hydrogen) atoms. The molecular formula is C10H15N3S. The first kappa shape index (κ1) is 10.9. The number of hydrogen-bond donors (Lipinski definition) is 2. The predicted octanol–water partition coefficient (Wildman–Crippen LogP) is 1.22. The van der Waals surface area contributed by atoms with E-state index in [1.165, 1.54) is 21.7 Å². The van der Waals surface area contributed by atoms with Crippen molar-refractivity contribution < 1.29 is 0 Å². The Labute approximate surface area is 89.7 Å². The first-order valence-electron chi connectivity index (χ1n) is 4.39. The van der Waals surface area contributed by atoms with Crippen LogP contribution in [0, 0.1) is 13.8 Å². The lowest BCUT2D eigenvalue weighted by Crippen LogP contribution is -2.40. The Morgan fingerprint density at radius 1 is 1.36 bits per heavy atom. The van der Waals surface area contributed by atoms with Crippen molar-refractivity contribution in [3.63, 3.8) is 0 Å². The third kappa shape index (κ3) is 2.43. The summed E-state index contributed by atoms with van der Waals surface area (Å²) in [5.74, 6) is 5.65. The number of hydrazine groups is 1. The molecule has 0 spiro atoms. The van der Waals surface area contributed by atoms with E-state index >= 15 is 0 Å². The van der Waals surface area contributed by atoms with Crippen LogP contribution in [0.3, 0.4) is 0 Å². The van der Waals surface area contributed by atoms with E-state index in [2.05, 4.69) is 26.0 Å². The van der Waals surface area contributed by atoms with Gasteiger partial charge in [0.15, 0.2) is 5.11 Å². The Morgan fingerprint density at radius 2 is 1.86 bits per heavy atom. The van der Waals surface area contributed by atoms with Gasteiger partial charge in [0.25, 0.3) is 0 Å². The van der Waals surface area contributed by atoms with Crippen molar-refractivity contribution in [1.29, 1.82) is 0 Å². The lowest BCUT2D eigenvalue weighted by molar-refractivity contribution is 0.435. The minimum absolute atomic E-state index is 0.215. The molecule has 1 rings (SSSR count). The molecule has 0 unspecified atom stereocenters. The molecule has 76 valence electrons. The van der Waals surface area contributed by atoms with Gasteiger partial charge in [0, 0.05) is 0 Å². The maximum atomic E-state index is 5.65. The van der Waals surface area contributed by atoms with Gasteiger partial charge in [0.05, 0.1) is 6.54 Å². The second-order valence-corrected chi connectivity index (χ2v) is 3.75. The van der Waals surface area contributed by atoms with Crippen molar-refractivity contribution in [2.75, 3.05) is 0 Å². The number of rotatable bonds is 2. The molecule has 0 aromatic heterocycles. The molecule has 1 aromatic rings. The maximum absolute atomic E-state index is 5.65. The van der Waals surface area contributed by atoms with Gasteiger partial charge in [0.2, 0.25) is 0 Å². The van der Waals surface area contributed by atoms with Crippen LogP contribution in [0.15, 0.2) is 18.2 Å². The van der Waals surface area contributed by atoms with Crippen molar-refractivity contribution in [3.05, 3.63) is 34.9 Å². The fraction of sp³-hybridized carbons (Fsp3) is 0.300. The van der Waals surface area contributed by atoms with Gasteiger partial charge in [-0.15, -0.1) is 0 Å². The highest BCUT2D eigenvalue weighted by molar-refractivity contribution is 7.80. The van der Waals surface area contributed by atoms with Gasteiger partial charge < -0.3 is 5.73 Å². The first-order valence-corrected chi connectivity index (χ1v) is 4.80. The van der Waals surface area contributed by atoms with E-state index in [0.29, 0.717) is 6.54 Å². The van der Waals surface area contributed by atoms with Crippen LogP contribution < -0.4 is 11.6 Å². The smallest absolute Gasteiger partial charge is 0.180 e. The number of aryl methyl sites for hydroxylation is 2. The van der Waals surface area contributed by atoms with Crippen LogP contribution in [-0.4, -0.2) is 10.1 Å². The van der Waals surface area contributed by atoms with Crippen molar-refractivity contribution in [3.8, 4) is 0 Å². The van der Waals surface area contributed by atoms with Gasteiger partial charge in [-0.1, -0.05) is 18.2 Å². The molecule has 0 aliphatic carbocycles. The second kappa shape index (κ2) is 4.39. The van der Waals surface area contributed by atoms with E-state index in [-0.39, 0.29) is 5.11 Å². The van der Waals surface area contributed by atoms with Gasteiger partial charge in [0.1, 0.15) is 0 Å². The van der Waals surface area contributed by atoms with Crippen LogP contribution in [0.5, 0.6) is 0 Å². The van der Waals surface area contributed by atoms with E-state index < -0.39 is 0 Å². The molecule has 0 saturated heterocycles. The molecule has 1 aromatic carbocycles. The molecule has 0 amide bonds. The first-order chi connectivity index (χ1) is 6.52. The zero-order chi connectivity index (χ0) is 10.7. The average molecular weight is 209 g/mol. The van der Waals surface area contributed by atoms with Crippen LogP contribution in [0.1, 0.15) is 16.7 Å². The number of nitrogens with zero attached hydrogens (tertiary/aromatic N) is 1. The third-order valence-electron chi connectivity index (χ3n) is 2.26. The molecule has 0 bridgehead atoms. The average Bonchev–Trinajstić information content (AvgIpc) is 2.11. The highest BCUT2D eigenvalue weighted by Gasteiger charge is 2.06. The molecule has 0 aliphatic rings. The summed E-state index contributed by atoms with van der Waals surface area (Å²) in [5.41, 5.74) is 9.01. The molecule has 3 nitrogen and oxygen atoms in total. The SMILES string of the molecule is Cc1cccc(C)c1CN(N)C(N)=S. The largest absolute Gasteiger partial charge is 0.375 e. The Bertz CT molecular complexity index is 329. The quantitative estimate of drug-likeness (QED) is 0.437. The predicted molar refractivity (Wildman–Crippen MR) is 62.4 cm³/mol. The van der Waals surface area contributed by atoms with Crippen molar-refractivity contribution in [1.82, 2.24) is 5.01 Å². The summed E-state index contributed by atoms with van der Waals surface area (Å²) in [4.78, 5) is 0. The summed E-state index contributed by atoms with van der Waals surface area (Å²) in [6.07, 6.45) is 0. The highest BCUT2D eigenvalue weighted by Crippen LogP contribution is 2.14. The minimum atomic E-state index is 0.215. The maximum Gasteiger partial charge on any atom is 0.180 e. The summed E-state index contributed by atoms with van der Waals surface area (Å²) >= 11 is 4.78. The number of benzene rings is 1. The molecule has 4 N–H and O–H groups in total. The molecule has 0 heterocycles. The molecule has 0 radical (unpaired) electrons. The van der Waals surface area contributed by atoms with Crippen molar-refractivity contribution >= 4 is 17.3 Å². The zero-order valence-corrected chi connectivity index (χ0v) is 9.27. The van der Waals surface area contributed by atoms with Crippen molar-refractivity contribution in [2.24, 2.45) is 11.6 Å². The minimum Gasteiger partial charge on any atom is -0.375 e. The molecule has 0 aliphatic heterocycles. The van der Waals surface area contributed by atoms with Crippen LogP contribution in [0.2, 0.25) is 0 Å². The summed E-state index contributed by atoms with van der Waals surface area (Å²) < 4.78 is 0. The molecule has 4 heteroatoms. The fourth-order valence-electron chi connectivity index (χ4n) is 1.35. The number of nitrogens with two attached hydrogens (primary N) is 2. The Kier molecular flexibility index (Phi) is 3.43. The fourth-order valence-corrected chi connectivity index (χ4v) is 1.41. The Hall–Kier alpha value is -1.13. The van der Waals surface area contributed by atoms with Gasteiger partial charge >= 0.3 is 0 Å². The number of hydrogen-bond acceptors (Lipinski definition) is 2. The summed E-state index contributed by atoms with van der Waals surface area (Å²) in [6.45, 7) is 4.67. The van der Waals surface area contributed by atoms with Gasteiger partial charge in [-0.3, -0.25) is 5.01 Å². The van der Waals surface area contributed by atoms with E-state index in [1.54, 1.807) is 0 Å². The highest BCUT2D eigenvalue weighted by atomic mass is 32.1. The van der Waals surface area contributed by atoms with Crippen LogP contribution in [0.4, 0.5) is 0 Å². The topological polar surface area (TPSA) is 55.3 Å². The van der Waals surface area contributed by atoms with Crippen LogP contribution >= 0.6 is 12.2 Å². The zero-order valence-electron chi connectivity index (χ0n) is 8.45. The normalized spacial score (nSPS) is 9.93. The lowest BCUT2D eigenvalue weighted by Gasteiger charge is -2.19. The molecule has 0 atom stereocenters. The monoisotopic (exact) mass is 209 g/mol. The summed E-state index contributed by atoms with van der Waals surface area (Å²) in [7, 11) is 0. The second-order valence-electron chi connectivity index (χ2n) is 3.34. The Morgan fingerprint density at radius 3 is 2.29 bits per heavy atom. The van der Waals surface area contributed by atoms with E-state index in [4.69, 9.17) is 23.8 Å². The molecular weight excluding hydrogens is 194 g/mol. The van der Waals surface area contributed by atoms with Gasteiger partial charge in [-0.05, 0) is 42.8 Å². The Balaban J connectivity index is 2.91. The van der Waals surface area contributed by atoms with E-state index in [0.717, 1.165) is 0 Å². The lowest BCUT2D eigenvalue weighted by atomic mass is 10.0. The van der Waals surface area contributed by atoms with Crippen LogP contribution in [0.25, 0.3) is 0 Å². The van der Waals surface area contributed by atoms with Crippen LogP contribution in [-0.2, 0) is 6.54 Å². The summed E-state index contributed by atoms with van der Waals surface area (Å²) in [5, 5.41) is 1.60. The molecule has 0 fully saturated rings. The summed E-state index contributed by atoms with van der Waals surface area (Å²) in [6, 6.07) is 6.13. The third-order valence-corrected chi connectivity index (χ3v) is 2.49. The standard InChI is InChI=1S/C10H15N3S/c1-7-4-3-5-8(2)9(7)6-13(12)10(11)14/h3-5H,6,12H2,1-2H3,(H2,11,14). The molecule has 0 saturated carbocycles. The van der Waals surface area contributed by atoms with Gasteiger partial charge in [-0.2, -0.15) is 0 Å². The van der Waals surface area contributed by atoms with Crippen molar-refractivity contribution in [2.45, 2.75) is 20.4 Å². The van der Waals surface area contributed by atoms with Gasteiger partial charge in [-0.25, -0.2) is 5.84 Å². The number of thiocarbonyl (C=S) groups is 1. The van der Waals surface area contributed by atoms with E-state index in [9.17, 15) is 0 Å².